The summed E-state index contributed by atoms with van der Waals surface area (Å²) in [6.45, 7) is 0.465. The molecule has 0 spiro atoms. The number of hydrogen-bond donors (Lipinski definition) is 1. The van der Waals surface area contributed by atoms with E-state index in [0.29, 0.717) is 12.1 Å². The van der Waals surface area contributed by atoms with Crippen molar-refractivity contribution < 1.29 is 8.78 Å². The summed E-state index contributed by atoms with van der Waals surface area (Å²) >= 11 is 3.35. The number of rotatable bonds is 3. The van der Waals surface area contributed by atoms with Crippen LogP contribution in [0.25, 0.3) is 0 Å². The molecule has 4 heteroatoms. The Balaban J connectivity index is 1.73. The van der Waals surface area contributed by atoms with Gasteiger partial charge in [-0.25, -0.2) is 8.78 Å². The van der Waals surface area contributed by atoms with E-state index in [1.165, 1.54) is 12.1 Å². The Bertz CT molecular complexity index is 642. The standard InChI is InChI=1S/C16H14BrF2N/c17-12-2-5-15(19)11(7-12)9-20-16-6-1-10-8-13(18)3-4-14(10)16/h2-5,7-8,16,20H,1,6,9H2. The maximum Gasteiger partial charge on any atom is 0.127 e. The lowest BCUT2D eigenvalue weighted by atomic mass is 10.1. The monoisotopic (exact) mass is 337 g/mol. The highest BCUT2D eigenvalue weighted by Crippen LogP contribution is 2.31. The number of nitrogens with one attached hydrogen (secondary N) is 1. The number of fused-ring (bicyclic) bond motifs is 1. The number of benzene rings is 2. The van der Waals surface area contributed by atoms with Crippen LogP contribution in [0.4, 0.5) is 8.78 Å². The third kappa shape index (κ3) is 2.76. The maximum absolute atomic E-state index is 13.7. The fraction of sp³-hybridized carbons (Fsp3) is 0.250. The van der Waals surface area contributed by atoms with Gasteiger partial charge in [-0.15, -0.1) is 0 Å². The molecule has 0 fully saturated rings. The van der Waals surface area contributed by atoms with Crippen molar-refractivity contribution in [2.24, 2.45) is 0 Å². The molecule has 0 aliphatic heterocycles. The summed E-state index contributed by atoms with van der Waals surface area (Å²) in [4.78, 5) is 0. The molecule has 0 aromatic heterocycles. The van der Waals surface area contributed by atoms with Crippen LogP contribution in [0, 0.1) is 11.6 Å². The minimum absolute atomic E-state index is 0.170. The van der Waals surface area contributed by atoms with Gasteiger partial charge in [0.1, 0.15) is 11.6 Å². The van der Waals surface area contributed by atoms with Gasteiger partial charge in [-0.3, -0.25) is 0 Å². The van der Waals surface area contributed by atoms with Crippen molar-refractivity contribution in [3.63, 3.8) is 0 Å². The smallest absolute Gasteiger partial charge is 0.127 e. The van der Waals surface area contributed by atoms with E-state index in [2.05, 4.69) is 21.2 Å². The normalized spacial score (nSPS) is 17.2. The lowest BCUT2D eigenvalue weighted by Gasteiger charge is -2.14. The van der Waals surface area contributed by atoms with Gasteiger partial charge in [0, 0.05) is 22.6 Å². The van der Waals surface area contributed by atoms with Crippen molar-refractivity contribution in [3.05, 3.63) is 69.2 Å². The van der Waals surface area contributed by atoms with Gasteiger partial charge >= 0.3 is 0 Å². The second kappa shape index (κ2) is 5.62. The lowest BCUT2D eigenvalue weighted by molar-refractivity contribution is 0.513. The van der Waals surface area contributed by atoms with Gasteiger partial charge in [0.05, 0.1) is 0 Å². The molecule has 1 atom stereocenters. The molecular formula is C16H14BrF2N. The molecule has 1 aliphatic carbocycles. The minimum Gasteiger partial charge on any atom is -0.306 e. The Hall–Kier alpha value is -1.26. The van der Waals surface area contributed by atoms with Gasteiger partial charge in [-0.05, 0) is 54.3 Å². The summed E-state index contributed by atoms with van der Waals surface area (Å²) in [5.74, 6) is -0.402. The van der Waals surface area contributed by atoms with Gasteiger partial charge < -0.3 is 5.32 Å². The first kappa shape index (κ1) is 13.7. The summed E-state index contributed by atoms with van der Waals surface area (Å²) in [5.41, 5.74) is 2.81. The summed E-state index contributed by atoms with van der Waals surface area (Å²) in [6.07, 6.45) is 1.79. The van der Waals surface area contributed by atoms with Crippen LogP contribution in [0.2, 0.25) is 0 Å². The Morgan fingerprint density at radius 3 is 2.85 bits per heavy atom. The predicted molar refractivity (Wildman–Crippen MR) is 78.4 cm³/mol. The van der Waals surface area contributed by atoms with Crippen molar-refractivity contribution >= 4 is 15.9 Å². The van der Waals surface area contributed by atoms with Crippen LogP contribution in [0.3, 0.4) is 0 Å². The SMILES string of the molecule is Fc1ccc2c(c1)CCC2NCc1cc(Br)ccc1F. The molecule has 0 saturated heterocycles. The van der Waals surface area contributed by atoms with E-state index in [0.717, 1.165) is 28.4 Å². The van der Waals surface area contributed by atoms with Gasteiger partial charge in [0.15, 0.2) is 0 Å². The van der Waals surface area contributed by atoms with Crippen LogP contribution < -0.4 is 5.32 Å². The van der Waals surface area contributed by atoms with E-state index in [4.69, 9.17) is 0 Å². The van der Waals surface area contributed by atoms with Gasteiger partial charge in [0.2, 0.25) is 0 Å². The Kier molecular flexibility index (Phi) is 3.85. The van der Waals surface area contributed by atoms with Gasteiger partial charge in [-0.2, -0.15) is 0 Å². The molecule has 20 heavy (non-hydrogen) atoms. The molecular weight excluding hydrogens is 324 g/mol. The van der Waals surface area contributed by atoms with Crippen molar-refractivity contribution in [2.75, 3.05) is 0 Å². The molecule has 104 valence electrons. The zero-order valence-corrected chi connectivity index (χ0v) is 12.4. The maximum atomic E-state index is 13.7. The Morgan fingerprint density at radius 1 is 1.15 bits per heavy atom. The first-order valence-electron chi connectivity index (χ1n) is 6.59. The van der Waals surface area contributed by atoms with E-state index in [1.54, 1.807) is 18.2 Å². The molecule has 1 N–H and O–H groups in total. The zero-order valence-electron chi connectivity index (χ0n) is 10.8. The van der Waals surface area contributed by atoms with Crippen LogP contribution in [0.1, 0.15) is 29.2 Å². The predicted octanol–water partition coefficient (Wildman–Crippen LogP) is 4.50. The molecule has 3 rings (SSSR count). The summed E-state index contributed by atoms with van der Waals surface area (Å²) in [5, 5.41) is 3.36. The second-order valence-electron chi connectivity index (χ2n) is 5.05. The van der Waals surface area contributed by atoms with Crippen molar-refractivity contribution in [1.29, 1.82) is 0 Å². The molecule has 0 saturated carbocycles. The third-order valence-electron chi connectivity index (χ3n) is 3.73. The zero-order chi connectivity index (χ0) is 14.1. The highest BCUT2D eigenvalue weighted by atomic mass is 79.9. The van der Waals surface area contributed by atoms with E-state index in [1.807, 2.05) is 6.07 Å². The molecule has 0 heterocycles. The molecule has 0 amide bonds. The fourth-order valence-corrected chi connectivity index (χ4v) is 3.12. The summed E-state index contributed by atoms with van der Waals surface area (Å²) in [6, 6.07) is 10.00. The summed E-state index contributed by atoms with van der Waals surface area (Å²) < 4.78 is 27.7. The number of aryl methyl sites for hydroxylation is 1. The van der Waals surface area contributed by atoms with E-state index < -0.39 is 0 Å². The first-order valence-corrected chi connectivity index (χ1v) is 7.38. The molecule has 1 nitrogen and oxygen atoms in total. The van der Waals surface area contributed by atoms with Crippen LogP contribution in [0.5, 0.6) is 0 Å². The highest BCUT2D eigenvalue weighted by molar-refractivity contribution is 9.10. The van der Waals surface area contributed by atoms with Crippen LogP contribution >= 0.6 is 15.9 Å². The Labute approximate surface area is 125 Å². The molecule has 2 aromatic rings. The van der Waals surface area contributed by atoms with Gasteiger partial charge in [0.25, 0.3) is 0 Å². The average Bonchev–Trinajstić information content (AvgIpc) is 2.82. The van der Waals surface area contributed by atoms with Crippen LogP contribution in [0.15, 0.2) is 40.9 Å². The van der Waals surface area contributed by atoms with Crippen molar-refractivity contribution in [3.8, 4) is 0 Å². The van der Waals surface area contributed by atoms with Crippen LogP contribution in [-0.2, 0) is 13.0 Å². The average molecular weight is 338 g/mol. The van der Waals surface area contributed by atoms with E-state index in [-0.39, 0.29) is 17.7 Å². The molecule has 1 unspecified atom stereocenters. The fourth-order valence-electron chi connectivity index (χ4n) is 2.71. The number of halogens is 3. The molecule has 1 aliphatic rings. The van der Waals surface area contributed by atoms with E-state index >= 15 is 0 Å². The number of hydrogen-bond acceptors (Lipinski definition) is 1. The second-order valence-corrected chi connectivity index (χ2v) is 5.97. The third-order valence-corrected chi connectivity index (χ3v) is 4.22. The molecule has 0 radical (unpaired) electrons. The lowest BCUT2D eigenvalue weighted by Crippen LogP contribution is -2.19. The largest absolute Gasteiger partial charge is 0.306 e. The van der Waals surface area contributed by atoms with Crippen molar-refractivity contribution in [2.45, 2.75) is 25.4 Å². The summed E-state index contributed by atoms with van der Waals surface area (Å²) in [7, 11) is 0. The topological polar surface area (TPSA) is 12.0 Å². The first-order chi connectivity index (χ1) is 9.63. The van der Waals surface area contributed by atoms with Crippen LogP contribution in [-0.4, -0.2) is 0 Å². The highest BCUT2D eigenvalue weighted by Gasteiger charge is 2.22. The van der Waals surface area contributed by atoms with Crippen molar-refractivity contribution in [1.82, 2.24) is 5.32 Å². The Morgan fingerprint density at radius 2 is 2.00 bits per heavy atom. The molecule has 0 bridgehead atoms. The minimum atomic E-state index is -0.210. The molecule has 2 aromatic carbocycles. The quantitative estimate of drug-likeness (QED) is 0.869. The van der Waals surface area contributed by atoms with Gasteiger partial charge in [-0.1, -0.05) is 22.0 Å². The van der Waals surface area contributed by atoms with E-state index in [9.17, 15) is 8.78 Å².